The number of allylic oxidation sites excluding steroid dienone is 1. The zero-order valence-electron chi connectivity index (χ0n) is 28.7. The van der Waals surface area contributed by atoms with Crippen molar-refractivity contribution in [3.05, 3.63) is 35.4 Å². The van der Waals surface area contributed by atoms with Gasteiger partial charge in [-0.05, 0) is 116 Å². The Kier molecular flexibility index (Phi) is 9.79. The zero-order chi connectivity index (χ0) is 35.7. The normalized spacial score (nSPS) is 33.5. The lowest BCUT2D eigenvalue weighted by molar-refractivity contribution is -0.437. The van der Waals surface area contributed by atoms with Crippen LogP contribution in [0.1, 0.15) is 111 Å². The maximum absolute atomic E-state index is 15.0. The van der Waals surface area contributed by atoms with Crippen LogP contribution in [0.2, 0.25) is 0 Å². The van der Waals surface area contributed by atoms with Gasteiger partial charge in [-0.2, -0.15) is 35.1 Å². The summed E-state index contributed by atoms with van der Waals surface area (Å²) in [7, 11) is 0. The highest BCUT2D eigenvalue weighted by Gasteiger charge is 2.82. The molecule has 0 saturated heterocycles. The minimum absolute atomic E-state index is 0.0763. The Morgan fingerprint density at radius 1 is 0.854 bits per heavy atom. The maximum atomic E-state index is 15.0. The van der Waals surface area contributed by atoms with Gasteiger partial charge in [0.1, 0.15) is 0 Å². The number of nitrogens with two attached hydrogens (primary N) is 2. The van der Waals surface area contributed by atoms with Gasteiger partial charge in [0.05, 0.1) is 11.7 Å². The Bertz CT molecular complexity index is 1360. The van der Waals surface area contributed by atoms with Crippen LogP contribution in [0.3, 0.4) is 0 Å². The molecule has 48 heavy (non-hydrogen) atoms. The van der Waals surface area contributed by atoms with Gasteiger partial charge in [-0.3, -0.25) is 0 Å². The van der Waals surface area contributed by atoms with E-state index in [2.05, 4.69) is 39.4 Å². The van der Waals surface area contributed by atoms with E-state index in [1.54, 1.807) is 0 Å². The van der Waals surface area contributed by atoms with Crippen LogP contribution in [0.4, 0.5) is 46.5 Å². The fourth-order valence-electron chi connectivity index (χ4n) is 10.5. The number of halogens is 8. The molecule has 272 valence electrons. The molecule has 0 aromatic heterocycles. The van der Waals surface area contributed by atoms with E-state index >= 15 is 8.78 Å². The standard InChI is InChI=1S/C37H52F8N2O/c1-21(2)7-6-8-22(3)27-13-14-28-26-11-9-23-19-25(15-17-32(23,4)29(26)16-18-33(27,28)5)48-37(44,45)36(42,43)35(40,41)34(38,39)30-12-10-24(46)20-31(30)47/h9-10,12,20-22,25-29H,6-8,11,13-19,46-47H2,1-5H3/t22-,25+,26+,27-,28+,29+,32+,33-/m1/s1. The Morgan fingerprint density at radius 3 is 2.19 bits per heavy atom. The van der Waals surface area contributed by atoms with Crippen LogP contribution in [0, 0.1) is 46.3 Å². The second-order valence-corrected chi connectivity index (χ2v) is 16.4. The highest BCUT2D eigenvalue weighted by atomic mass is 19.4. The summed E-state index contributed by atoms with van der Waals surface area (Å²) in [5.74, 6) is -15.6. The van der Waals surface area contributed by atoms with Crippen LogP contribution < -0.4 is 11.5 Å². The molecular formula is C37H52F8N2O. The second kappa shape index (κ2) is 12.6. The van der Waals surface area contributed by atoms with Crippen molar-refractivity contribution in [1.29, 1.82) is 0 Å². The first kappa shape index (κ1) is 37.2. The first-order valence-corrected chi connectivity index (χ1v) is 17.6. The van der Waals surface area contributed by atoms with E-state index < -0.39 is 41.2 Å². The second-order valence-electron chi connectivity index (χ2n) is 16.4. The van der Waals surface area contributed by atoms with Crippen LogP contribution in [-0.4, -0.2) is 24.1 Å². The molecule has 0 bridgehead atoms. The molecule has 0 amide bonds. The molecule has 3 saturated carbocycles. The van der Waals surface area contributed by atoms with Crippen molar-refractivity contribution < 1.29 is 39.9 Å². The number of fused-ring (bicyclic) bond motifs is 5. The number of ether oxygens (including phenoxy) is 1. The predicted octanol–water partition coefficient (Wildman–Crippen LogP) is 11.2. The molecular weight excluding hydrogens is 640 g/mol. The number of hydrogen-bond donors (Lipinski definition) is 2. The van der Waals surface area contributed by atoms with Gasteiger partial charge in [-0.1, -0.05) is 65.5 Å². The number of nitrogen functional groups attached to an aromatic ring is 2. The molecule has 0 spiro atoms. The largest absolute Gasteiger partial charge is 0.426 e. The van der Waals surface area contributed by atoms with Gasteiger partial charge in [0, 0.05) is 11.4 Å². The molecule has 0 radical (unpaired) electrons. The lowest BCUT2D eigenvalue weighted by atomic mass is 9.47. The number of hydrogen-bond acceptors (Lipinski definition) is 3. The third-order valence-corrected chi connectivity index (χ3v) is 13.1. The Morgan fingerprint density at radius 2 is 1.54 bits per heavy atom. The molecule has 4 aliphatic carbocycles. The van der Waals surface area contributed by atoms with Crippen molar-refractivity contribution in [3.8, 4) is 0 Å². The molecule has 11 heteroatoms. The van der Waals surface area contributed by atoms with Crippen molar-refractivity contribution in [3.63, 3.8) is 0 Å². The number of alkyl halides is 8. The van der Waals surface area contributed by atoms with Crippen molar-refractivity contribution in [1.82, 2.24) is 0 Å². The van der Waals surface area contributed by atoms with Gasteiger partial charge in [0.15, 0.2) is 0 Å². The van der Waals surface area contributed by atoms with Crippen molar-refractivity contribution >= 4 is 11.4 Å². The summed E-state index contributed by atoms with van der Waals surface area (Å²) in [5.41, 5.74) is 8.48. The van der Waals surface area contributed by atoms with E-state index in [0.29, 0.717) is 54.1 Å². The summed E-state index contributed by atoms with van der Waals surface area (Å²) in [5, 5.41) is 0. The topological polar surface area (TPSA) is 61.3 Å². The first-order chi connectivity index (χ1) is 22.1. The monoisotopic (exact) mass is 692 g/mol. The minimum atomic E-state index is -6.57. The lowest BCUT2D eigenvalue weighted by Crippen LogP contribution is -2.62. The molecule has 8 atom stereocenters. The molecule has 1 aromatic rings. The summed E-state index contributed by atoms with van der Waals surface area (Å²) in [6.07, 6.45) is 3.60. The van der Waals surface area contributed by atoms with Crippen molar-refractivity contribution in [2.45, 2.75) is 135 Å². The third-order valence-electron chi connectivity index (χ3n) is 13.1. The molecule has 3 fully saturated rings. The quantitative estimate of drug-likeness (QED) is 0.138. The van der Waals surface area contributed by atoms with Crippen molar-refractivity contribution in [2.24, 2.45) is 46.3 Å². The third kappa shape index (κ3) is 5.93. The van der Waals surface area contributed by atoms with E-state index in [1.165, 1.54) is 25.7 Å². The van der Waals surface area contributed by atoms with Gasteiger partial charge in [0.25, 0.3) is 0 Å². The highest BCUT2D eigenvalue weighted by Crippen LogP contribution is 2.68. The Balaban J connectivity index is 1.29. The number of rotatable bonds is 11. The molecule has 1 aromatic carbocycles. The summed E-state index contributed by atoms with van der Waals surface area (Å²) >= 11 is 0. The Hall–Kier alpha value is -2.04. The van der Waals surface area contributed by atoms with Crippen LogP contribution in [0.5, 0.6) is 0 Å². The summed E-state index contributed by atoms with van der Waals surface area (Å²) in [6.45, 7) is 11.5. The van der Waals surface area contributed by atoms with E-state index in [-0.39, 0.29) is 29.4 Å². The number of benzene rings is 1. The number of anilines is 2. The van der Waals surface area contributed by atoms with Gasteiger partial charge in [0.2, 0.25) is 0 Å². The average molecular weight is 693 g/mol. The SMILES string of the molecule is CC(C)CCC[C@@H](C)[C@H]1CC[C@H]2[C@@H]3CC=C4C[C@@H](OC(F)(F)C(F)(F)C(F)(F)C(F)(F)c5ccc(N)cc5N)CC[C@]4(C)[C@H]3CC[C@]12C. The average Bonchev–Trinajstić information content (AvgIpc) is 3.34. The van der Waals surface area contributed by atoms with Crippen LogP contribution in [-0.2, 0) is 10.7 Å². The Labute approximate surface area is 279 Å². The zero-order valence-corrected chi connectivity index (χ0v) is 28.7. The van der Waals surface area contributed by atoms with Crippen LogP contribution >= 0.6 is 0 Å². The van der Waals surface area contributed by atoms with Gasteiger partial charge >= 0.3 is 23.9 Å². The van der Waals surface area contributed by atoms with Crippen molar-refractivity contribution in [2.75, 3.05) is 11.5 Å². The summed E-state index contributed by atoms with van der Waals surface area (Å²) in [4.78, 5) is 0. The molecule has 3 nitrogen and oxygen atoms in total. The summed E-state index contributed by atoms with van der Waals surface area (Å²) in [6, 6.07) is 1.74. The molecule has 0 aliphatic heterocycles. The predicted molar refractivity (Wildman–Crippen MR) is 172 cm³/mol. The minimum Gasteiger partial charge on any atom is -0.399 e. The first-order valence-electron chi connectivity index (χ1n) is 17.6. The van der Waals surface area contributed by atoms with E-state index in [0.717, 1.165) is 37.3 Å². The van der Waals surface area contributed by atoms with Gasteiger partial charge in [-0.25, -0.2) is 0 Å². The van der Waals surface area contributed by atoms with E-state index in [1.807, 2.05) is 6.08 Å². The maximum Gasteiger partial charge on any atom is 0.426 e. The van der Waals surface area contributed by atoms with Crippen LogP contribution in [0.25, 0.3) is 0 Å². The van der Waals surface area contributed by atoms with Gasteiger partial charge < -0.3 is 16.2 Å². The fraction of sp³-hybridized carbons (Fsp3) is 0.784. The van der Waals surface area contributed by atoms with Gasteiger partial charge in [-0.15, -0.1) is 0 Å². The smallest absolute Gasteiger partial charge is 0.399 e. The fourth-order valence-corrected chi connectivity index (χ4v) is 10.5. The molecule has 0 unspecified atom stereocenters. The lowest BCUT2D eigenvalue weighted by Gasteiger charge is -2.58. The van der Waals surface area contributed by atoms with E-state index in [4.69, 9.17) is 11.5 Å². The highest BCUT2D eigenvalue weighted by molar-refractivity contribution is 5.58. The molecule has 5 rings (SSSR count). The molecule has 0 heterocycles. The summed E-state index contributed by atoms with van der Waals surface area (Å²) < 4.78 is 124. The van der Waals surface area contributed by atoms with Crippen LogP contribution in [0.15, 0.2) is 29.8 Å². The van der Waals surface area contributed by atoms with E-state index in [9.17, 15) is 26.3 Å². The molecule has 4 aliphatic rings. The molecule has 4 N–H and O–H groups in total.